The first-order chi connectivity index (χ1) is 7.18. The number of rotatable bonds is 2. The third kappa shape index (κ3) is 2.16. The second kappa shape index (κ2) is 4.01. The van der Waals surface area contributed by atoms with Crippen molar-refractivity contribution in [1.29, 1.82) is 0 Å². The van der Waals surface area contributed by atoms with Gasteiger partial charge in [-0.3, -0.25) is 0 Å². The summed E-state index contributed by atoms with van der Waals surface area (Å²) in [6.45, 7) is 1.43. The summed E-state index contributed by atoms with van der Waals surface area (Å²) in [5.41, 5.74) is 5.09. The molecule has 0 aliphatic heterocycles. The molecule has 0 heterocycles. The number of alkyl halides is 5. The molecule has 0 amide bonds. The first-order valence-corrected chi connectivity index (χ1v) is 4.43. The van der Waals surface area contributed by atoms with E-state index in [1.165, 1.54) is 31.2 Å². The van der Waals surface area contributed by atoms with Crippen LogP contribution in [0.3, 0.4) is 0 Å². The van der Waals surface area contributed by atoms with E-state index < -0.39 is 18.1 Å². The third-order valence-electron chi connectivity index (χ3n) is 2.29. The average Bonchev–Trinajstić information content (AvgIpc) is 2.15. The molecule has 0 bridgehead atoms. The lowest BCUT2D eigenvalue weighted by molar-refractivity contribution is -0.291. The monoisotopic (exact) mass is 239 g/mol. The van der Waals surface area contributed by atoms with Gasteiger partial charge in [0.2, 0.25) is 0 Å². The molecule has 0 fully saturated rings. The van der Waals surface area contributed by atoms with Crippen molar-refractivity contribution in [3.05, 3.63) is 35.4 Å². The summed E-state index contributed by atoms with van der Waals surface area (Å²) in [5, 5.41) is 0. The number of aryl methyl sites for hydroxylation is 1. The highest BCUT2D eigenvalue weighted by Gasteiger charge is 2.61. The molecular formula is C10H10F5N. The molecule has 0 radical (unpaired) electrons. The Balaban J connectivity index is 3.12. The normalized spacial score (nSPS) is 14.9. The standard InChI is InChI=1S/C10H10F5N/c1-6-4-2-3-5-7(6)8(16)9(11,12)10(13,14)15/h2-5,8H,16H2,1H3/t8-/m1/s1. The minimum atomic E-state index is -5.64. The van der Waals surface area contributed by atoms with E-state index in [2.05, 4.69) is 0 Å². The summed E-state index contributed by atoms with van der Waals surface area (Å²) >= 11 is 0. The molecule has 0 saturated carbocycles. The van der Waals surface area contributed by atoms with Crippen molar-refractivity contribution in [3.8, 4) is 0 Å². The van der Waals surface area contributed by atoms with E-state index in [1.807, 2.05) is 0 Å². The highest BCUT2D eigenvalue weighted by atomic mass is 19.4. The summed E-state index contributed by atoms with van der Waals surface area (Å²) in [4.78, 5) is 0. The first-order valence-electron chi connectivity index (χ1n) is 4.43. The Morgan fingerprint density at radius 1 is 1.06 bits per heavy atom. The molecule has 6 heteroatoms. The van der Waals surface area contributed by atoms with Gasteiger partial charge in [-0.2, -0.15) is 22.0 Å². The molecule has 0 saturated heterocycles. The quantitative estimate of drug-likeness (QED) is 0.788. The van der Waals surface area contributed by atoms with Crippen LogP contribution in [0.2, 0.25) is 0 Å². The van der Waals surface area contributed by atoms with Crippen LogP contribution in [0, 0.1) is 6.92 Å². The smallest absolute Gasteiger partial charge is 0.319 e. The van der Waals surface area contributed by atoms with Gasteiger partial charge in [0.1, 0.15) is 6.04 Å². The molecule has 0 aliphatic rings. The fourth-order valence-corrected chi connectivity index (χ4v) is 1.31. The topological polar surface area (TPSA) is 26.0 Å². The van der Waals surface area contributed by atoms with Crippen molar-refractivity contribution in [2.75, 3.05) is 0 Å². The minimum absolute atomic E-state index is 0.204. The lowest BCUT2D eigenvalue weighted by Gasteiger charge is -2.26. The summed E-state index contributed by atoms with van der Waals surface area (Å²) in [7, 11) is 0. The van der Waals surface area contributed by atoms with Crippen molar-refractivity contribution in [2.24, 2.45) is 5.73 Å². The maximum Gasteiger partial charge on any atom is 0.455 e. The number of hydrogen-bond acceptors (Lipinski definition) is 1. The van der Waals surface area contributed by atoms with Crippen LogP contribution in [0.1, 0.15) is 17.2 Å². The predicted molar refractivity (Wildman–Crippen MR) is 49.1 cm³/mol. The zero-order valence-electron chi connectivity index (χ0n) is 8.35. The van der Waals surface area contributed by atoms with E-state index in [9.17, 15) is 22.0 Å². The molecule has 1 nitrogen and oxygen atoms in total. The van der Waals surface area contributed by atoms with Gasteiger partial charge in [-0.05, 0) is 18.1 Å². The molecule has 0 aliphatic carbocycles. The fraction of sp³-hybridized carbons (Fsp3) is 0.400. The molecular weight excluding hydrogens is 229 g/mol. The number of hydrogen-bond donors (Lipinski definition) is 1. The van der Waals surface area contributed by atoms with E-state index in [-0.39, 0.29) is 5.56 Å². The molecule has 1 atom stereocenters. The molecule has 1 rings (SSSR count). The van der Waals surface area contributed by atoms with E-state index >= 15 is 0 Å². The van der Waals surface area contributed by atoms with Gasteiger partial charge in [0.25, 0.3) is 0 Å². The van der Waals surface area contributed by atoms with Crippen LogP contribution in [-0.2, 0) is 0 Å². The maximum absolute atomic E-state index is 12.9. The van der Waals surface area contributed by atoms with Crippen LogP contribution in [0.25, 0.3) is 0 Å². The minimum Gasteiger partial charge on any atom is -0.319 e. The van der Waals surface area contributed by atoms with Crippen LogP contribution in [0.15, 0.2) is 24.3 Å². The maximum atomic E-state index is 12.9. The molecule has 1 aromatic rings. The number of benzene rings is 1. The molecule has 0 unspecified atom stereocenters. The van der Waals surface area contributed by atoms with Gasteiger partial charge in [-0.1, -0.05) is 24.3 Å². The predicted octanol–water partition coefficient (Wildman–Crippen LogP) is 3.19. The Bertz CT molecular complexity index is 372. The highest BCUT2D eigenvalue weighted by molar-refractivity contribution is 5.30. The van der Waals surface area contributed by atoms with Crippen molar-refractivity contribution in [1.82, 2.24) is 0 Å². The summed E-state index contributed by atoms with van der Waals surface area (Å²) < 4.78 is 62.1. The Kier molecular flexibility index (Phi) is 3.23. The molecule has 90 valence electrons. The van der Waals surface area contributed by atoms with Crippen molar-refractivity contribution < 1.29 is 22.0 Å². The number of halogens is 5. The van der Waals surface area contributed by atoms with Crippen LogP contribution in [0.5, 0.6) is 0 Å². The van der Waals surface area contributed by atoms with Crippen LogP contribution >= 0.6 is 0 Å². The van der Waals surface area contributed by atoms with E-state index in [0.29, 0.717) is 5.56 Å². The number of nitrogens with two attached hydrogens (primary N) is 1. The largest absolute Gasteiger partial charge is 0.455 e. The Morgan fingerprint density at radius 3 is 2.00 bits per heavy atom. The van der Waals surface area contributed by atoms with Crippen molar-refractivity contribution in [3.63, 3.8) is 0 Å². The average molecular weight is 239 g/mol. The van der Waals surface area contributed by atoms with E-state index in [1.54, 1.807) is 0 Å². The lowest BCUT2D eigenvalue weighted by Crippen LogP contribution is -2.46. The molecule has 2 N–H and O–H groups in total. The summed E-state index contributed by atoms with van der Waals surface area (Å²) in [6.07, 6.45) is -5.64. The van der Waals surface area contributed by atoms with Gasteiger partial charge in [0, 0.05) is 0 Å². The zero-order valence-corrected chi connectivity index (χ0v) is 8.35. The SMILES string of the molecule is Cc1ccccc1[C@@H](N)C(F)(F)C(F)(F)F. The Labute approximate surface area is 89.1 Å². The Morgan fingerprint density at radius 2 is 1.56 bits per heavy atom. The molecule has 16 heavy (non-hydrogen) atoms. The second-order valence-corrected chi connectivity index (χ2v) is 3.45. The molecule has 0 spiro atoms. The van der Waals surface area contributed by atoms with E-state index in [4.69, 9.17) is 5.73 Å². The summed E-state index contributed by atoms with van der Waals surface area (Å²) in [6, 6.07) is 3.13. The van der Waals surface area contributed by atoms with Crippen LogP contribution < -0.4 is 5.73 Å². The molecule has 1 aromatic carbocycles. The third-order valence-corrected chi connectivity index (χ3v) is 2.29. The van der Waals surface area contributed by atoms with E-state index in [0.717, 1.165) is 0 Å². The van der Waals surface area contributed by atoms with Gasteiger partial charge in [0.15, 0.2) is 0 Å². The second-order valence-electron chi connectivity index (χ2n) is 3.45. The fourth-order valence-electron chi connectivity index (χ4n) is 1.31. The van der Waals surface area contributed by atoms with Crippen LogP contribution in [0.4, 0.5) is 22.0 Å². The van der Waals surface area contributed by atoms with Crippen LogP contribution in [-0.4, -0.2) is 12.1 Å². The van der Waals surface area contributed by atoms with Gasteiger partial charge in [-0.25, -0.2) is 0 Å². The van der Waals surface area contributed by atoms with Gasteiger partial charge >= 0.3 is 12.1 Å². The van der Waals surface area contributed by atoms with Gasteiger partial charge in [0.05, 0.1) is 0 Å². The Hall–Kier alpha value is -1.17. The lowest BCUT2D eigenvalue weighted by atomic mass is 9.97. The van der Waals surface area contributed by atoms with Crippen molar-refractivity contribution in [2.45, 2.75) is 25.1 Å². The molecule has 0 aromatic heterocycles. The van der Waals surface area contributed by atoms with Gasteiger partial charge < -0.3 is 5.73 Å². The summed E-state index contributed by atoms with van der Waals surface area (Å²) in [5.74, 6) is -4.93. The van der Waals surface area contributed by atoms with Crippen molar-refractivity contribution >= 4 is 0 Å². The zero-order chi connectivity index (χ0) is 12.6. The first kappa shape index (κ1) is 12.9. The van der Waals surface area contributed by atoms with Gasteiger partial charge in [-0.15, -0.1) is 0 Å². The highest BCUT2D eigenvalue weighted by Crippen LogP contribution is 2.43.